The standard InChI is InChI=1S/C20H16N4O/c1-14-6-9-17(10-7-14)24-22-18-11-8-16(12-19(18)23-24)21-13-15-4-2-3-5-20(15)25/h2-13,25H,1H3. The summed E-state index contributed by atoms with van der Waals surface area (Å²) in [5.74, 6) is 0.206. The second-order valence-electron chi connectivity index (χ2n) is 5.82. The van der Waals surface area contributed by atoms with Gasteiger partial charge in [0.1, 0.15) is 16.8 Å². The van der Waals surface area contributed by atoms with Gasteiger partial charge in [0.2, 0.25) is 0 Å². The van der Waals surface area contributed by atoms with E-state index >= 15 is 0 Å². The Bertz CT molecular complexity index is 1060. The van der Waals surface area contributed by atoms with Gasteiger partial charge >= 0.3 is 0 Å². The molecule has 0 fully saturated rings. The molecule has 0 radical (unpaired) electrons. The van der Waals surface area contributed by atoms with Crippen molar-refractivity contribution in [3.05, 3.63) is 77.9 Å². The first kappa shape index (κ1) is 15.1. The van der Waals surface area contributed by atoms with Crippen molar-refractivity contribution in [3.8, 4) is 11.4 Å². The van der Waals surface area contributed by atoms with Crippen molar-refractivity contribution >= 4 is 22.9 Å². The molecule has 4 rings (SSSR count). The summed E-state index contributed by atoms with van der Waals surface area (Å²) in [5, 5.41) is 18.8. The first-order valence-electron chi connectivity index (χ1n) is 7.95. The molecule has 25 heavy (non-hydrogen) atoms. The zero-order chi connectivity index (χ0) is 17.2. The van der Waals surface area contributed by atoms with Gasteiger partial charge in [0.15, 0.2) is 0 Å². The Kier molecular flexibility index (Phi) is 3.74. The molecule has 3 aromatic carbocycles. The van der Waals surface area contributed by atoms with Crippen LogP contribution in [-0.2, 0) is 0 Å². The zero-order valence-electron chi connectivity index (χ0n) is 13.7. The van der Waals surface area contributed by atoms with Crippen molar-refractivity contribution in [1.82, 2.24) is 15.0 Å². The lowest BCUT2D eigenvalue weighted by Crippen LogP contribution is -1.97. The van der Waals surface area contributed by atoms with E-state index in [4.69, 9.17) is 0 Å². The molecule has 1 N–H and O–H groups in total. The van der Waals surface area contributed by atoms with E-state index in [-0.39, 0.29) is 5.75 Å². The van der Waals surface area contributed by atoms with Gasteiger partial charge in [-0.15, -0.1) is 10.2 Å². The van der Waals surface area contributed by atoms with Gasteiger partial charge < -0.3 is 5.11 Å². The molecule has 0 aliphatic rings. The predicted octanol–water partition coefficient (Wildman–Crippen LogP) is 4.19. The molecule has 0 aliphatic carbocycles. The minimum Gasteiger partial charge on any atom is -0.507 e. The van der Waals surface area contributed by atoms with Gasteiger partial charge in [0.25, 0.3) is 0 Å². The minimum atomic E-state index is 0.206. The van der Waals surface area contributed by atoms with E-state index in [2.05, 4.69) is 15.2 Å². The number of fused-ring (bicyclic) bond motifs is 1. The largest absolute Gasteiger partial charge is 0.507 e. The summed E-state index contributed by atoms with van der Waals surface area (Å²) in [6, 6.07) is 20.8. The molecule has 5 heteroatoms. The average Bonchev–Trinajstić information content (AvgIpc) is 3.05. The van der Waals surface area contributed by atoms with Crippen molar-refractivity contribution in [2.24, 2.45) is 4.99 Å². The van der Waals surface area contributed by atoms with E-state index in [1.807, 2.05) is 61.5 Å². The highest BCUT2D eigenvalue weighted by molar-refractivity contribution is 5.86. The first-order valence-corrected chi connectivity index (χ1v) is 7.95. The van der Waals surface area contributed by atoms with Crippen LogP contribution in [0.5, 0.6) is 5.75 Å². The van der Waals surface area contributed by atoms with Crippen LogP contribution in [0.1, 0.15) is 11.1 Å². The lowest BCUT2D eigenvalue weighted by Gasteiger charge is -1.98. The Labute approximate surface area is 144 Å². The van der Waals surface area contributed by atoms with E-state index < -0.39 is 0 Å². The summed E-state index contributed by atoms with van der Waals surface area (Å²) in [4.78, 5) is 6.04. The SMILES string of the molecule is Cc1ccc(-n2nc3ccc(N=Cc4ccccc4O)cc3n2)cc1. The second-order valence-corrected chi connectivity index (χ2v) is 5.82. The van der Waals surface area contributed by atoms with E-state index in [0.29, 0.717) is 5.56 Å². The van der Waals surface area contributed by atoms with Gasteiger partial charge in [-0.2, -0.15) is 4.80 Å². The van der Waals surface area contributed by atoms with Crippen LogP contribution >= 0.6 is 0 Å². The Morgan fingerprint density at radius 3 is 2.48 bits per heavy atom. The van der Waals surface area contributed by atoms with Crippen LogP contribution in [0.3, 0.4) is 0 Å². The smallest absolute Gasteiger partial charge is 0.124 e. The quantitative estimate of drug-likeness (QED) is 0.574. The van der Waals surface area contributed by atoms with E-state index in [1.165, 1.54) is 5.56 Å². The van der Waals surface area contributed by atoms with Crippen LogP contribution < -0.4 is 0 Å². The molecule has 5 nitrogen and oxygen atoms in total. The minimum absolute atomic E-state index is 0.206. The molecule has 122 valence electrons. The van der Waals surface area contributed by atoms with Crippen molar-refractivity contribution in [2.75, 3.05) is 0 Å². The van der Waals surface area contributed by atoms with Gasteiger partial charge in [-0.05, 0) is 49.4 Å². The highest BCUT2D eigenvalue weighted by Crippen LogP contribution is 2.21. The number of aliphatic imine (C=N–C) groups is 1. The lowest BCUT2D eigenvalue weighted by molar-refractivity contribution is 0.474. The highest BCUT2D eigenvalue weighted by Gasteiger charge is 2.05. The number of hydrogen-bond donors (Lipinski definition) is 1. The highest BCUT2D eigenvalue weighted by atomic mass is 16.3. The molecule has 0 amide bonds. The Hall–Kier alpha value is -3.47. The lowest BCUT2D eigenvalue weighted by atomic mass is 10.2. The molecule has 1 heterocycles. The van der Waals surface area contributed by atoms with E-state index in [9.17, 15) is 5.11 Å². The topological polar surface area (TPSA) is 63.3 Å². The number of phenols is 1. The number of aromatic hydroxyl groups is 1. The third kappa shape index (κ3) is 3.12. The Morgan fingerprint density at radius 1 is 0.920 bits per heavy atom. The van der Waals surface area contributed by atoms with Gasteiger partial charge in [-0.25, -0.2) is 0 Å². The molecule has 0 atom stereocenters. The molecule has 4 aromatic rings. The molecule has 0 saturated carbocycles. The first-order chi connectivity index (χ1) is 12.2. The van der Waals surface area contributed by atoms with Gasteiger partial charge in [-0.1, -0.05) is 29.8 Å². The summed E-state index contributed by atoms with van der Waals surface area (Å²) in [7, 11) is 0. The van der Waals surface area contributed by atoms with Crippen LogP contribution in [0.15, 0.2) is 71.7 Å². The molecular weight excluding hydrogens is 312 g/mol. The van der Waals surface area contributed by atoms with Crippen molar-refractivity contribution in [2.45, 2.75) is 6.92 Å². The fourth-order valence-electron chi connectivity index (χ4n) is 2.52. The van der Waals surface area contributed by atoms with Crippen molar-refractivity contribution < 1.29 is 5.11 Å². The summed E-state index contributed by atoms with van der Waals surface area (Å²) in [6.45, 7) is 2.05. The van der Waals surface area contributed by atoms with E-state index in [0.717, 1.165) is 22.4 Å². The normalized spacial score (nSPS) is 11.4. The van der Waals surface area contributed by atoms with Crippen molar-refractivity contribution in [1.29, 1.82) is 0 Å². The third-order valence-electron chi connectivity index (χ3n) is 3.92. The third-order valence-corrected chi connectivity index (χ3v) is 3.92. The molecule has 0 saturated heterocycles. The molecule has 0 unspecified atom stereocenters. The molecule has 1 aromatic heterocycles. The van der Waals surface area contributed by atoms with Crippen molar-refractivity contribution in [3.63, 3.8) is 0 Å². The number of phenolic OH excluding ortho intramolecular Hbond substituents is 1. The number of benzene rings is 3. The monoisotopic (exact) mass is 328 g/mol. The maximum absolute atomic E-state index is 9.79. The summed E-state index contributed by atoms with van der Waals surface area (Å²) in [6.07, 6.45) is 1.64. The number of rotatable bonds is 3. The van der Waals surface area contributed by atoms with E-state index in [1.54, 1.807) is 23.1 Å². The van der Waals surface area contributed by atoms with Crippen LogP contribution in [-0.4, -0.2) is 26.3 Å². The van der Waals surface area contributed by atoms with Crippen LogP contribution in [0.4, 0.5) is 5.69 Å². The van der Waals surface area contributed by atoms with Gasteiger partial charge in [0.05, 0.1) is 11.4 Å². The molecule has 0 bridgehead atoms. The van der Waals surface area contributed by atoms with Crippen LogP contribution in [0, 0.1) is 6.92 Å². The Balaban J connectivity index is 1.66. The van der Waals surface area contributed by atoms with Gasteiger partial charge in [-0.3, -0.25) is 4.99 Å². The molecular formula is C20H16N4O. The number of aryl methyl sites for hydroxylation is 1. The van der Waals surface area contributed by atoms with Gasteiger partial charge in [0, 0.05) is 11.8 Å². The number of hydrogen-bond acceptors (Lipinski definition) is 4. The number of para-hydroxylation sites is 1. The maximum Gasteiger partial charge on any atom is 0.124 e. The fraction of sp³-hybridized carbons (Fsp3) is 0.0500. The summed E-state index contributed by atoms with van der Waals surface area (Å²) >= 11 is 0. The predicted molar refractivity (Wildman–Crippen MR) is 99.0 cm³/mol. The molecule has 0 spiro atoms. The second kappa shape index (κ2) is 6.20. The summed E-state index contributed by atoms with van der Waals surface area (Å²) < 4.78 is 0. The Morgan fingerprint density at radius 2 is 1.68 bits per heavy atom. The fourth-order valence-corrected chi connectivity index (χ4v) is 2.52. The summed E-state index contributed by atoms with van der Waals surface area (Å²) in [5.41, 5.74) is 5.12. The molecule has 0 aliphatic heterocycles. The maximum atomic E-state index is 9.79. The van der Waals surface area contributed by atoms with Crippen LogP contribution in [0.2, 0.25) is 0 Å². The van der Waals surface area contributed by atoms with Crippen LogP contribution in [0.25, 0.3) is 16.7 Å². The zero-order valence-corrected chi connectivity index (χ0v) is 13.7. The average molecular weight is 328 g/mol. The number of aromatic nitrogens is 3. The number of nitrogens with zero attached hydrogens (tertiary/aromatic N) is 4.